The fraction of sp³-hybridized carbons (Fsp3) is 0. The predicted molar refractivity (Wildman–Crippen MR) is 62.2 cm³/mol. The Kier molecular flexibility index (Phi) is 2.89. The zero-order valence-electron chi connectivity index (χ0n) is 7.86. The number of carbonyl (C=O) groups excluding carboxylic acids is 2. The van der Waals surface area contributed by atoms with Gasteiger partial charge in [0.05, 0.1) is 9.93 Å². The van der Waals surface area contributed by atoms with Crippen molar-refractivity contribution < 1.29 is 14.7 Å². The van der Waals surface area contributed by atoms with Gasteiger partial charge in [-0.05, 0) is 35.5 Å². The highest BCUT2D eigenvalue weighted by Crippen LogP contribution is 2.28. The molecule has 0 atom stereocenters. The van der Waals surface area contributed by atoms with E-state index >= 15 is 0 Å². The molecular formula is C10H6ClNO3S. The van der Waals surface area contributed by atoms with Crippen LogP contribution in [0, 0.1) is 0 Å². The monoisotopic (exact) mass is 255 g/mol. The molecule has 2 amide bonds. The maximum absolute atomic E-state index is 11.2. The molecule has 16 heavy (non-hydrogen) atoms. The molecule has 1 heterocycles. The van der Waals surface area contributed by atoms with Gasteiger partial charge in [0.25, 0.3) is 11.1 Å². The number of aromatic hydroxyl groups is 1. The van der Waals surface area contributed by atoms with Crippen LogP contribution in [0.3, 0.4) is 0 Å². The average Bonchev–Trinajstić information content (AvgIpc) is 2.51. The molecule has 0 saturated carbocycles. The summed E-state index contributed by atoms with van der Waals surface area (Å²) >= 11 is 6.55. The summed E-state index contributed by atoms with van der Waals surface area (Å²) in [7, 11) is 0. The van der Waals surface area contributed by atoms with Crippen LogP contribution in [0.4, 0.5) is 4.79 Å². The SMILES string of the molecule is O=C1NC(=O)/C(=C\c2ccc(O)c(Cl)c2)S1. The van der Waals surface area contributed by atoms with Gasteiger partial charge >= 0.3 is 0 Å². The lowest BCUT2D eigenvalue weighted by Crippen LogP contribution is -2.17. The first-order valence-corrected chi connectivity index (χ1v) is 5.49. The van der Waals surface area contributed by atoms with Gasteiger partial charge in [-0.2, -0.15) is 0 Å². The Morgan fingerprint density at radius 3 is 2.69 bits per heavy atom. The molecule has 6 heteroatoms. The van der Waals surface area contributed by atoms with Crippen LogP contribution >= 0.6 is 23.4 Å². The molecule has 4 nitrogen and oxygen atoms in total. The number of carbonyl (C=O) groups is 2. The Labute approximate surface area is 100 Å². The molecule has 82 valence electrons. The lowest BCUT2D eigenvalue weighted by atomic mass is 10.2. The minimum absolute atomic E-state index is 0.0246. The molecule has 0 radical (unpaired) electrons. The topological polar surface area (TPSA) is 66.4 Å². The van der Waals surface area contributed by atoms with Crippen LogP contribution < -0.4 is 5.32 Å². The van der Waals surface area contributed by atoms with E-state index in [9.17, 15) is 14.7 Å². The summed E-state index contributed by atoms with van der Waals surface area (Å²) in [5.74, 6) is -0.442. The van der Waals surface area contributed by atoms with E-state index < -0.39 is 5.91 Å². The first-order chi connectivity index (χ1) is 7.56. The third-order valence-corrected chi connectivity index (χ3v) is 3.02. The van der Waals surface area contributed by atoms with Gasteiger partial charge in [-0.1, -0.05) is 17.7 Å². The molecule has 0 unspecified atom stereocenters. The number of halogens is 1. The van der Waals surface area contributed by atoms with Crippen molar-refractivity contribution in [2.45, 2.75) is 0 Å². The molecule has 1 aromatic rings. The molecule has 0 aromatic heterocycles. The quantitative estimate of drug-likeness (QED) is 0.756. The number of phenolic OH excluding ortho intramolecular Hbond substituents is 1. The number of benzene rings is 1. The normalized spacial score (nSPS) is 17.9. The highest BCUT2D eigenvalue weighted by molar-refractivity contribution is 8.18. The summed E-state index contributed by atoms with van der Waals surface area (Å²) in [5.41, 5.74) is 0.648. The van der Waals surface area contributed by atoms with Crippen molar-refractivity contribution in [3.63, 3.8) is 0 Å². The number of rotatable bonds is 1. The number of amides is 2. The van der Waals surface area contributed by atoms with Crippen molar-refractivity contribution in [3.05, 3.63) is 33.7 Å². The highest BCUT2D eigenvalue weighted by Gasteiger charge is 2.24. The van der Waals surface area contributed by atoms with E-state index in [1.54, 1.807) is 6.07 Å². The van der Waals surface area contributed by atoms with E-state index in [4.69, 9.17) is 11.6 Å². The van der Waals surface area contributed by atoms with Crippen LogP contribution in [0.15, 0.2) is 23.1 Å². The summed E-state index contributed by atoms with van der Waals surface area (Å²) in [6.07, 6.45) is 1.54. The second-order valence-corrected chi connectivity index (χ2v) is 4.49. The van der Waals surface area contributed by atoms with Gasteiger partial charge in [0, 0.05) is 0 Å². The molecular weight excluding hydrogens is 250 g/mol. The first kappa shape index (κ1) is 11.0. The highest BCUT2D eigenvalue weighted by atomic mass is 35.5. The Bertz CT molecular complexity index is 513. The molecule has 2 rings (SSSR count). The summed E-state index contributed by atoms with van der Waals surface area (Å²) in [4.78, 5) is 22.4. The van der Waals surface area contributed by atoms with Crippen LogP contribution in [0.2, 0.25) is 5.02 Å². The summed E-state index contributed by atoms with van der Waals surface area (Å²) in [6.45, 7) is 0. The van der Waals surface area contributed by atoms with Gasteiger partial charge in [-0.25, -0.2) is 0 Å². The second-order valence-electron chi connectivity index (χ2n) is 3.06. The Morgan fingerprint density at radius 2 is 2.12 bits per heavy atom. The molecule has 0 aliphatic carbocycles. The fourth-order valence-corrected chi connectivity index (χ4v) is 2.06. The van der Waals surface area contributed by atoms with Gasteiger partial charge in [0.1, 0.15) is 5.75 Å². The van der Waals surface area contributed by atoms with Crippen molar-refractivity contribution in [1.82, 2.24) is 5.32 Å². The van der Waals surface area contributed by atoms with E-state index in [1.807, 2.05) is 0 Å². The Hall–Kier alpha value is -1.46. The minimum atomic E-state index is -0.417. The predicted octanol–water partition coefficient (Wildman–Crippen LogP) is 2.37. The number of imide groups is 1. The van der Waals surface area contributed by atoms with Crippen molar-refractivity contribution >= 4 is 40.6 Å². The van der Waals surface area contributed by atoms with Crippen molar-refractivity contribution in [2.75, 3.05) is 0 Å². The zero-order valence-corrected chi connectivity index (χ0v) is 9.43. The van der Waals surface area contributed by atoms with Gasteiger partial charge < -0.3 is 5.11 Å². The van der Waals surface area contributed by atoms with Crippen LogP contribution in [0.1, 0.15) is 5.56 Å². The Balaban J connectivity index is 2.32. The zero-order chi connectivity index (χ0) is 11.7. The van der Waals surface area contributed by atoms with E-state index in [0.29, 0.717) is 10.5 Å². The summed E-state index contributed by atoms with van der Waals surface area (Å²) < 4.78 is 0. The number of thioether (sulfide) groups is 1. The molecule has 1 saturated heterocycles. The smallest absolute Gasteiger partial charge is 0.290 e. The lowest BCUT2D eigenvalue weighted by molar-refractivity contribution is -0.115. The maximum atomic E-state index is 11.2. The molecule has 0 bridgehead atoms. The molecule has 2 N–H and O–H groups in total. The Morgan fingerprint density at radius 1 is 1.38 bits per heavy atom. The maximum Gasteiger partial charge on any atom is 0.290 e. The minimum Gasteiger partial charge on any atom is -0.506 e. The van der Waals surface area contributed by atoms with Crippen LogP contribution in [0.5, 0.6) is 5.75 Å². The molecule has 0 spiro atoms. The molecule has 1 fully saturated rings. The standard InChI is InChI=1S/C10H6ClNO3S/c11-6-3-5(1-2-7(6)13)4-8-9(14)12-10(15)16-8/h1-4,13H,(H,12,14,15)/b8-4+. The van der Waals surface area contributed by atoms with Crippen molar-refractivity contribution in [1.29, 1.82) is 0 Å². The average molecular weight is 256 g/mol. The summed E-state index contributed by atoms with van der Waals surface area (Å²) in [6, 6.07) is 4.54. The summed E-state index contributed by atoms with van der Waals surface area (Å²) in [5, 5.41) is 11.2. The van der Waals surface area contributed by atoms with E-state index in [-0.39, 0.29) is 16.0 Å². The largest absolute Gasteiger partial charge is 0.506 e. The van der Waals surface area contributed by atoms with Crippen LogP contribution in [-0.4, -0.2) is 16.3 Å². The first-order valence-electron chi connectivity index (χ1n) is 4.29. The fourth-order valence-electron chi connectivity index (χ4n) is 1.19. The van der Waals surface area contributed by atoms with Crippen molar-refractivity contribution in [2.24, 2.45) is 0 Å². The van der Waals surface area contributed by atoms with E-state index in [1.165, 1.54) is 18.2 Å². The lowest BCUT2D eigenvalue weighted by Gasteiger charge is -1.98. The van der Waals surface area contributed by atoms with Crippen molar-refractivity contribution in [3.8, 4) is 5.75 Å². The second kappa shape index (κ2) is 4.19. The van der Waals surface area contributed by atoms with E-state index in [0.717, 1.165) is 11.8 Å². The molecule has 1 aromatic carbocycles. The number of hydrogen-bond acceptors (Lipinski definition) is 4. The number of phenols is 1. The van der Waals surface area contributed by atoms with Crippen LogP contribution in [-0.2, 0) is 4.79 Å². The number of hydrogen-bond donors (Lipinski definition) is 2. The van der Waals surface area contributed by atoms with Gasteiger partial charge in [-0.15, -0.1) is 0 Å². The van der Waals surface area contributed by atoms with Crippen LogP contribution in [0.25, 0.3) is 6.08 Å². The van der Waals surface area contributed by atoms with Gasteiger partial charge in [0.2, 0.25) is 0 Å². The molecule has 1 aliphatic heterocycles. The van der Waals surface area contributed by atoms with E-state index in [2.05, 4.69) is 5.32 Å². The van der Waals surface area contributed by atoms with Gasteiger partial charge in [0.15, 0.2) is 0 Å². The van der Waals surface area contributed by atoms with Gasteiger partial charge in [-0.3, -0.25) is 14.9 Å². The third-order valence-electron chi connectivity index (χ3n) is 1.91. The third kappa shape index (κ3) is 2.20. The molecule has 1 aliphatic rings. The number of nitrogens with one attached hydrogen (secondary N) is 1.